The smallest absolute Gasteiger partial charge is 0.123 e. The first-order chi connectivity index (χ1) is 4.74. The van der Waals surface area contributed by atoms with Crippen LogP contribution in [0.3, 0.4) is 0 Å². The number of nitrogens with zero attached hydrogens (tertiary/aromatic N) is 1. The van der Waals surface area contributed by atoms with Crippen molar-refractivity contribution < 1.29 is 0 Å². The van der Waals surface area contributed by atoms with Gasteiger partial charge in [0, 0.05) is 7.05 Å². The highest BCUT2D eigenvalue weighted by molar-refractivity contribution is 5.50. The van der Waals surface area contributed by atoms with E-state index in [9.17, 15) is 0 Å². The van der Waals surface area contributed by atoms with Gasteiger partial charge in [0.2, 0.25) is 0 Å². The van der Waals surface area contributed by atoms with Crippen molar-refractivity contribution in [2.75, 3.05) is 18.1 Å². The van der Waals surface area contributed by atoms with Gasteiger partial charge in [0.1, 0.15) is 5.82 Å². The van der Waals surface area contributed by atoms with Crippen LogP contribution >= 0.6 is 0 Å². The fraction of sp³-hybridized carbons (Fsp3) is 0.286. The molecule has 0 amide bonds. The number of nitrogens with one attached hydrogen (secondary N) is 1. The second-order valence-corrected chi connectivity index (χ2v) is 2.12. The van der Waals surface area contributed by atoms with Gasteiger partial charge in [-0.2, -0.15) is 0 Å². The molecule has 3 nitrogen and oxygen atoms in total. The van der Waals surface area contributed by atoms with Crippen molar-refractivity contribution in [3.63, 3.8) is 0 Å². The van der Waals surface area contributed by atoms with E-state index < -0.39 is 0 Å². The van der Waals surface area contributed by atoms with E-state index in [-0.39, 0.29) is 0 Å². The highest BCUT2D eigenvalue weighted by Crippen LogP contribution is 2.11. The summed E-state index contributed by atoms with van der Waals surface area (Å²) in [4.78, 5) is 4.06. The lowest BCUT2D eigenvalue weighted by Crippen LogP contribution is -1.97. The number of hydrogen-bond acceptors (Lipinski definition) is 3. The highest BCUT2D eigenvalue weighted by atomic mass is 14.9. The van der Waals surface area contributed by atoms with E-state index in [0.29, 0.717) is 5.82 Å². The Morgan fingerprint density at radius 1 is 1.50 bits per heavy atom. The molecule has 0 fully saturated rings. The molecule has 0 spiro atoms. The molecule has 0 unspecified atom stereocenters. The molecule has 0 aromatic carbocycles. The van der Waals surface area contributed by atoms with Crippen molar-refractivity contribution in [2.24, 2.45) is 0 Å². The van der Waals surface area contributed by atoms with Crippen LogP contribution in [0.5, 0.6) is 0 Å². The lowest BCUT2D eigenvalue weighted by Gasteiger charge is -2.02. The van der Waals surface area contributed by atoms with Crippen molar-refractivity contribution in [1.82, 2.24) is 4.98 Å². The van der Waals surface area contributed by atoms with E-state index >= 15 is 0 Å². The first-order valence-electron chi connectivity index (χ1n) is 3.15. The molecule has 54 valence electrons. The van der Waals surface area contributed by atoms with Gasteiger partial charge in [0.15, 0.2) is 0 Å². The molecule has 0 saturated heterocycles. The van der Waals surface area contributed by atoms with E-state index in [1.54, 1.807) is 6.07 Å². The molecule has 1 aromatic heterocycles. The summed E-state index contributed by atoms with van der Waals surface area (Å²) in [5.74, 6) is 0.566. The van der Waals surface area contributed by atoms with E-state index in [4.69, 9.17) is 5.73 Å². The molecular formula is C7H11N3. The van der Waals surface area contributed by atoms with Crippen LogP contribution in [0.25, 0.3) is 0 Å². The van der Waals surface area contributed by atoms with Crippen molar-refractivity contribution in [1.29, 1.82) is 0 Å². The van der Waals surface area contributed by atoms with Crippen LogP contribution in [0.4, 0.5) is 11.5 Å². The van der Waals surface area contributed by atoms with Gasteiger partial charge >= 0.3 is 0 Å². The van der Waals surface area contributed by atoms with Crippen LogP contribution in [0.15, 0.2) is 12.1 Å². The third kappa shape index (κ3) is 1.18. The summed E-state index contributed by atoms with van der Waals surface area (Å²) in [7, 11) is 1.86. The molecule has 1 aromatic rings. The van der Waals surface area contributed by atoms with Crippen molar-refractivity contribution in [2.45, 2.75) is 6.92 Å². The number of nitrogen functional groups attached to an aromatic ring is 1. The van der Waals surface area contributed by atoms with Gasteiger partial charge in [0.05, 0.1) is 11.4 Å². The number of aromatic nitrogens is 1. The van der Waals surface area contributed by atoms with Gasteiger partial charge in [-0.1, -0.05) is 0 Å². The summed E-state index contributed by atoms with van der Waals surface area (Å²) in [5.41, 5.74) is 7.40. The van der Waals surface area contributed by atoms with Crippen LogP contribution in [0.2, 0.25) is 0 Å². The molecule has 0 bridgehead atoms. The summed E-state index contributed by atoms with van der Waals surface area (Å²) in [5, 5.41) is 3.00. The maximum absolute atomic E-state index is 5.44. The molecule has 1 rings (SSSR count). The number of hydrogen-bond donors (Lipinski definition) is 2. The minimum absolute atomic E-state index is 0.566. The van der Waals surface area contributed by atoms with E-state index in [2.05, 4.69) is 10.3 Å². The van der Waals surface area contributed by atoms with Crippen molar-refractivity contribution in [3.8, 4) is 0 Å². The lowest BCUT2D eigenvalue weighted by molar-refractivity contribution is 1.20. The predicted molar refractivity (Wildman–Crippen MR) is 42.9 cm³/mol. The Balaban J connectivity index is 3.07. The van der Waals surface area contributed by atoms with Crippen LogP contribution in [-0.4, -0.2) is 12.0 Å². The minimum Gasteiger partial charge on any atom is -0.387 e. The van der Waals surface area contributed by atoms with Crippen molar-refractivity contribution >= 4 is 11.5 Å². The molecule has 3 heteroatoms. The zero-order valence-corrected chi connectivity index (χ0v) is 6.18. The van der Waals surface area contributed by atoms with Crippen molar-refractivity contribution in [3.05, 3.63) is 17.8 Å². The standard InChI is InChI=1S/C7H11N3/c1-5-6(9-2)3-4-7(8)10-5/h3-4,9H,1-2H3,(H2,8,10). The third-order valence-corrected chi connectivity index (χ3v) is 1.38. The summed E-state index contributed by atoms with van der Waals surface area (Å²) in [6.45, 7) is 1.92. The molecule has 1 heterocycles. The van der Waals surface area contributed by atoms with Gasteiger partial charge in [-0.25, -0.2) is 4.98 Å². The topological polar surface area (TPSA) is 50.9 Å². The fourth-order valence-electron chi connectivity index (χ4n) is 0.845. The summed E-state index contributed by atoms with van der Waals surface area (Å²) in [6.07, 6.45) is 0. The maximum Gasteiger partial charge on any atom is 0.123 e. The first-order valence-corrected chi connectivity index (χ1v) is 3.15. The third-order valence-electron chi connectivity index (χ3n) is 1.38. The number of nitrogens with two attached hydrogens (primary N) is 1. The number of aryl methyl sites for hydroxylation is 1. The largest absolute Gasteiger partial charge is 0.387 e. The van der Waals surface area contributed by atoms with E-state index in [0.717, 1.165) is 11.4 Å². The summed E-state index contributed by atoms with van der Waals surface area (Å²) in [6, 6.07) is 3.69. The Bertz CT molecular complexity index is 232. The lowest BCUT2D eigenvalue weighted by atomic mass is 10.3. The molecule has 0 aliphatic rings. The molecule has 0 radical (unpaired) electrons. The number of anilines is 2. The van der Waals surface area contributed by atoms with Crippen LogP contribution in [-0.2, 0) is 0 Å². The zero-order valence-electron chi connectivity index (χ0n) is 6.18. The molecule has 10 heavy (non-hydrogen) atoms. The first kappa shape index (κ1) is 6.86. The van der Waals surface area contributed by atoms with Gasteiger partial charge in [-0.05, 0) is 19.1 Å². The van der Waals surface area contributed by atoms with Gasteiger partial charge < -0.3 is 11.1 Å². The number of pyridine rings is 1. The van der Waals surface area contributed by atoms with Crippen LogP contribution in [0, 0.1) is 6.92 Å². The Kier molecular flexibility index (Phi) is 1.76. The molecule has 0 aliphatic heterocycles. The normalized spacial score (nSPS) is 9.40. The summed E-state index contributed by atoms with van der Waals surface area (Å²) < 4.78 is 0. The molecule has 0 atom stereocenters. The van der Waals surface area contributed by atoms with Gasteiger partial charge in [-0.15, -0.1) is 0 Å². The SMILES string of the molecule is CNc1ccc(N)nc1C. The molecule has 0 saturated carbocycles. The van der Waals surface area contributed by atoms with E-state index in [1.165, 1.54) is 0 Å². The zero-order chi connectivity index (χ0) is 7.56. The number of rotatable bonds is 1. The van der Waals surface area contributed by atoms with E-state index in [1.807, 2.05) is 20.0 Å². The summed E-state index contributed by atoms with van der Waals surface area (Å²) >= 11 is 0. The molecule has 0 aliphatic carbocycles. The predicted octanol–water partition coefficient (Wildman–Crippen LogP) is 1.01. The monoisotopic (exact) mass is 137 g/mol. The second-order valence-electron chi connectivity index (χ2n) is 2.12. The second kappa shape index (κ2) is 2.56. The fourth-order valence-corrected chi connectivity index (χ4v) is 0.845. The Labute approximate surface area is 60.3 Å². The average Bonchev–Trinajstić information content (AvgIpc) is 1.88. The Morgan fingerprint density at radius 3 is 2.70 bits per heavy atom. The average molecular weight is 137 g/mol. The van der Waals surface area contributed by atoms with Gasteiger partial charge in [-0.3, -0.25) is 0 Å². The highest BCUT2D eigenvalue weighted by Gasteiger charge is 1.94. The molecule has 3 N–H and O–H groups in total. The van der Waals surface area contributed by atoms with Gasteiger partial charge in [0.25, 0.3) is 0 Å². The molecular weight excluding hydrogens is 126 g/mol. The van der Waals surface area contributed by atoms with Crippen LogP contribution in [0.1, 0.15) is 5.69 Å². The maximum atomic E-state index is 5.44. The Hall–Kier alpha value is -1.25. The Morgan fingerprint density at radius 2 is 2.20 bits per heavy atom. The quantitative estimate of drug-likeness (QED) is 0.607. The van der Waals surface area contributed by atoms with Crippen LogP contribution < -0.4 is 11.1 Å². The minimum atomic E-state index is 0.566.